The van der Waals surface area contributed by atoms with Gasteiger partial charge in [0.05, 0.1) is 12.7 Å². The first kappa shape index (κ1) is 13.9. The van der Waals surface area contributed by atoms with E-state index in [0.29, 0.717) is 6.10 Å². The maximum absolute atomic E-state index is 5.93. The second-order valence-corrected chi connectivity index (χ2v) is 6.02. The molecule has 1 heterocycles. The molecule has 0 atom stereocenters. The predicted molar refractivity (Wildman–Crippen MR) is 66.3 cm³/mol. The Labute approximate surface area is 100 Å². The van der Waals surface area contributed by atoms with E-state index in [1.54, 1.807) is 7.11 Å². The van der Waals surface area contributed by atoms with Crippen molar-refractivity contribution in [2.24, 2.45) is 0 Å². The van der Waals surface area contributed by atoms with Crippen molar-refractivity contribution in [3.63, 3.8) is 0 Å². The minimum Gasteiger partial charge on any atom is -0.381 e. The SMILES string of the molecule is CCCON1C(C)(C)CC(OC)CC1(C)C. The molecule has 96 valence electrons. The maximum atomic E-state index is 5.93. The summed E-state index contributed by atoms with van der Waals surface area (Å²) >= 11 is 0. The highest BCUT2D eigenvalue weighted by atomic mass is 16.7. The summed E-state index contributed by atoms with van der Waals surface area (Å²) in [5.41, 5.74) is 0.0786. The molecule has 0 aromatic rings. The predicted octanol–water partition coefficient (Wildman–Crippen LogP) is 3.00. The molecule has 1 fully saturated rings. The molecular weight excluding hydrogens is 202 g/mol. The van der Waals surface area contributed by atoms with E-state index in [1.165, 1.54) is 0 Å². The van der Waals surface area contributed by atoms with Gasteiger partial charge in [-0.3, -0.25) is 4.84 Å². The fourth-order valence-corrected chi connectivity index (χ4v) is 2.87. The van der Waals surface area contributed by atoms with Crippen LogP contribution in [0.25, 0.3) is 0 Å². The fourth-order valence-electron chi connectivity index (χ4n) is 2.87. The molecule has 0 aromatic carbocycles. The van der Waals surface area contributed by atoms with Gasteiger partial charge in [0.15, 0.2) is 0 Å². The molecule has 0 saturated carbocycles. The largest absolute Gasteiger partial charge is 0.381 e. The summed E-state index contributed by atoms with van der Waals surface area (Å²) in [5, 5.41) is 2.18. The highest BCUT2D eigenvalue weighted by Gasteiger charge is 2.46. The zero-order valence-electron chi connectivity index (χ0n) is 11.7. The molecule has 0 aromatic heterocycles. The lowest BCUT2D eigenvalue weighted by atomic mass is 9.80. The van der Waals surface area contributed by atoms with Crippen LogP contribution in [0.5, 0.6) is 0 Å². The average Bonchev–Trinajstić information content (AvgIpc) is 2.14. The van der Waals surface area contributed by atoms with Gasteiger partial charge in [-0.15, -0.1) is 0 Å². The van der Waals surface area contributed by atoms with E-state index in [9.17, 15) is 0 Å². The Kier molecular flexibility index (Phi) is 4.38. The van der Waals surface area contributed by atoms with Gasteiger partial charge in [-0.25, -0.2) is 0 Å². The molecule has 1 rings (SSSR count). The molecule has 0 unspecified atom stereocenters. The molecule has 0 bridgehead atoms. The molecule has 0 radical (unpaired) electrons. The normalized spacial score (nSPS) is 25.9. The van der Waals surface area contributed by atoms with E-state index >= 15 is 0 Å². The number of hydrogen-bond donors (Lipinski definition) is 0. The van der Waals surface area contributed by atoms with Crippen LogP contribution in [-0.2, 0) is 9.57 Å². The first-order valence-electron chi connectivity index (χ1n) is 6.29. The zero-order valence-corrected chi connectivity index (χ0v) is 11.7. The van der Waals surface area contributed by atoms with Gasteiger partial charge in [0.25, 0.3) is 0 Å². The van der Waals surface area contributed by atoms with Gasteiger partial charge in [-0.05, 0) is 47.0 Å². The van der Waals surface area contributed by atoms with Crippen LogP contribution in [0, 0.1) is 0 Å². The van der Waals surface area contributed by atoms with Crippen molar-refractivity contribution in [3.8, 4) is 0 Å². The van der Waals surface area contributed by atoms with E-state index in [1.807, 2.05) is 0 Å². The molecule has 16 heavy (non-hydrogen) atoms. The summed E-state index contributed by atoms with van der Waals surface area (Å²) in [6.45, 7) is 11.9. The number of methoxy groups -OCH3 is 1. The van der Waals surface area contributed by atoms with Gasteiger partial charge >= 0.3 is 0 Å². The van der Waals surface area contributed by atoms with Crippen molar-refractivity contribution in [3.05, 3.63) is 0 Å². The number of hydroxylamine groups is 2. The summed E-state index contributed by atoms with van der Waals surface area (Å²) in [6, 6.07) is 0. The van der Waals surface area contributed by atoms with Gasteiger partial charge in [0, 0.05) is 18.2 Å². The summed E-state index contributed by atoms with van der Waals surface area (Å²) < 4.78 is 5.53. The Morgan fingerprint density at radius 1 is 1.12 bits per heavy atom. The van der Waals surface area contributed by atoms with Gasteiger partial charge in [-0.1, -0.05) is 6.92 Å². The van der Waals surface area contributed by atoms with Gasteiger partial charge in [-0.2, -0.15) is 5.06 Å². The minimum absolute atomic E-state index is 0.0393. The van der Waals surface area contributed by atoms with E-state index in [2.05, 4.69) is 39.7 Å². The standard InChI is InChI=1S/C13H27NO2/c1-7-8-16-14-12(2,3)9-11(15-6)10-13(14,4)5/h11H,7-10H2,1-6H3. The van der Waals surface area contributed by atoms with Crippen LogP contribution in [0.2, 0.25) is 0 Å². The van der Waals surface area contributed by atoms with Gasteiger partial charge in [0.1, 0.15) is 0 Å². The Balaban J connectivity index is 2.79. The van der Waals surface area contributed by atoms with Crippen LogP contribution in [0.1, 0.15) is 53.9 Å². The van der Waals surface area contributed by atoms with Crippen molar-refractivity contribution in [2.45, 2.75) is 71.1 Å². The van der Waals surface area contributed by atoms with Crippen molar-refractivity contribution in [1.29, 1.82) is 0 Å². The molecule has 1 aliphatic rings. The zero-order chi connectivity index (χ0) is 12.4. The van der Waals surface area contributed by atoms with Crippen molar-refractivity contribution in [1.82, 2.24) is 5.06 Å². The Bertz CT molecular complexity index is 208. The molecule has 1 aliphatic heterocycles. The third-order valence-electron chi connectivity index (χ3n) is 3.31. The van der Waals surface area contributed by atoms with Crippen LogP contribution in [-0.4, -0.2) is 36.0 Å². The second kappa shape index (κ2) is 5.03. The molecular formula is C13H27NO2. The molecule has 3 nitrogen and oxygen atoms in total. The van der Waals surface area contributed by atoms with Crippen molar-refractivity contribution in [2.75, 3.05) is 13.7 Å². The number of hydrogen-bond acceptors (Lipinski definition) is 3. The van der Waals surface area contributed by atoms with Crippen LogP contribution < -0.4 is 0 Å². The van der Waals surface area contributed by atoms with E-state index in [-0.39, 0.29) is 11.1 Å². The van der Waals surface area contributed by atoms with Crippen LogP contribution in [0.15, 0.2) is 0 Å². The Hall–Kier alpha value is -0.120. The topological polar surface area (TPSA) is 21.7 Å². The van der Waals surface area contributed by atoms with Gasteiger partial charge in [0.2, 0.25) is 0 Å². The number of piperidine rings is 1. The minimum atomic E-state index is 0.0393. The van der Waals surface area contributed by atoms with Crippen LogP contribution >= 0.6 is 0 Å². The number of rotatable bonds is 4. The third kappa shape index (κ3) is 2.96. The molecule has 1 saturated heterocycles. The smallest absolute Gasteiger partial charge is 0.0683 e. The van der Waals surface area contributed by atoms with Crippen LogP contribution in [0.4, 0.5) is 0 Å². The molecule has 3 heteroatoms. The molecule has 0 spiro atoms. The average molecular weight is 229 g/mol. The van der Waals surface area contributed by atoms with E-state index in [4.69, 9.17) is 9.57 Å². The lowest BCUT2D eigenvalue weighted by Crippen LogP contribution is -2.61. The second-order valence-electron chi connectivity index (χ2n) is 6.02. The quantitative estimate of drug-likeness (QED) is 0.739. The fraction of sp³-hybridized carbons (Fsp3) is 1.00. The van der Waals surface area contributed by atoms with E-state index < -0.39 is 0 Å². The Morgan fingerprint density at radius 2 is 1.62 bits per heavy atom. The lowest BCUT2D eigenvalue weighted by Gasteiger charge is -2.53. The lowest BCUT2D eigenvalue weighted by molar-refractivity contribution is -0.293. The Morgan fingerprint density at radius 3 is 2.00 bits per heavy atom. The first-order valence-corrected chi connectivity index (χ1v) is 6.29. The monoisotopic (exact) mass is 229 g/mol. The highest BCUT2D eigenvalue weighted by molar-refractivity contribution is 4.97. The van der Waals surface area contributed by atoms with Crippen LogP contribution in [0.3, 0.4) is 0 Å². The number of ether oxygens (including phenoxy) is 1. The summed E-state index contributed by atoms with van der Waals surface area (Å²) in [5.74, 6) is 0. The van der Waals surface area contributed by atoms with E-state index in [0.717, 1.165) is 25.9 Å². The maximum Gasteiger partial charge on any atom is 0.0683 e. The molecule has 0 N–H and O–H groups in total. The summed E-state index contributed by atoms with van der Waals surface area (Å²) in [7, 11) is 1.80. The van der Waals surface area contributed by atoms with Gasteiger partial charge < -0.3 is 4.74 Å². The van der Waals surface area contributed by atoms with Crippen molar-refractivity contribution < 1.29 is 9.57 Å². The molecule has 0 amide bonds. The van der Waals surface area contributed by atoms with Crippen molar-refractivity contribution >= 4 is 0 Å². The third-order valence-corrected chi connectivity index (χ3v) is 3.31. The number of nitrogens with zero attached hydrogens (tertiary/aromatic N) is 1. The summed E-state index contributed by atoms with van der Waals surface area (Å²) in [6.07, 6.45) is 3.44. The molecule has 0 aliphatic carbocycles. The summed E-state index contributed by atoms with van der Waals surface area (Å²) in [4.78, 5) is 5.93. The highest BCUT2D eigenvalue weighted by Crippen LogP contribution is 2.39. The first-order chi connectivity index (χ1) is 7.33.